The summed E-state index contributed by atoms with van der Waals surface area (Å²) in [5.41, 5.74) is 0.697. The second kappa shape index (κ2) is 6.95. The van der Waals surface area contributed by atoms with Crippen LogP contribution in [0.1, 0.15) is 34.1 Å². The third-order valence-corrected chi connectivity index (χ3v) is 2.90. The van der Waals surface area contributed by atoms with Gasteiger partial charge in [-0.15, -0.1) is 0 Å². The van der Waals surface area contributed by atoms with E-state index < -0.39 is 0 Å². The molecule has 4 nitrogen and oxygen atoms in total. The Labute approximate surface area is 121 Å². The summed E-state index contributed by atoms with van der Waals surface area (Å²) in [6.07, 6.45) is 0.391. The zero-order valence-electron chi connectivity index (χ0n) is 12.7. The van der Waals surface area contributed by atoms with E-state index in [0.717, 1.165) is 5.69 Å². The van der Waals surface area contributed by atoms with E-state index in [1.165, 1.54) is 0 Å². The van der Waals surface area contributed by atoms with Crippen LogP contribution in [0.3, 0.4) is 0 Å². The van der Waals surface area contributed by atoms with Crippen LogP contribution < -0.4 is 10.2 Å². The van der Waals surface area contributed by atoms with Gasteiger partial charge in [0, 0.05) is 17.8 Å². The molecule has 1 aromatic carbocycles. The summed E-state index contributed by atoms with van der Waals surface area (Å²) >= 11 is 0. The van der Waals surface area contributed by atoms with Crippen LogP contribution in [-0.2, 0) is 4.79 Å². The van der Waals surface area contributed by atoms with Crippen molar-refractivity contribution < 1.29 is 4.79 Å². The predicted octanol–water partition coefficient (Wildman–Crippen LogP) is 2.71. The summed E-state index contributed by atoms with van der Waals surface area (Å²) in [6.45, 7) is 8.28. The lowest BCUT2D eigenvalue weighted by Crippen LogP contribution is -2.51. The van der Waals surface area contributed by atoms with E-state index in [4.69, 9.17) is 5.26 Å². The lowest BCUT2D eigenvalue weighted by atomic mass is 10.1. The number of nitrogens with zero attached hydrogens (tertiary/aromatic N) is 2. The van der Waals surface area contributed by atoms with Crippen LogP contribution in [0, 0.1) is 11.3 Å². The number of anilines is 1. The molecule has 0 aromatic heterocycles. The molecule has 20 heavy (non-hydrogen) atoms. The van der Waals surface area contributed by atoms with E-state index in [0.29, 0.717) is 13.0 Å². The van der Waals surface area contributed by atoms with Crippen LogP contribution in [0.5, 0.6) is 0 Å². The molecule has 1 aromatic rings. The lowest BCUT2D eigenvalue weighted by molar-refractivity contribution is -0.123. The topological polar surface area (TPSA) is 56.1 Å². The zero-order chi connectivity index (χ0) is 15.2. The van der Waals surface area contributed by atoms with Gasteiger partial charge in [-0.1, -0.05) is 18.2 Å². The van der Waals surface area contributed by atoms with Gasteiger partial charge in [0.1, 0.15) is 6.04 Å². The Morgan fingerprint density at radius 3 is 2.45 bits per heavy atom. The minimum atomic E-state index is -0.315. The maximum atomic E-state index is 12.3. The minimum absolute atomic E-state index is 0.0284. The molecule has 0 bridgehead atoms. The summed E-state index contributed by atoms with van der Waals surface area (Å²) in [6, 6.07) is 11.5. The van der Waals surface area contributed by atoms with Gasteiger partial charge < -0.3 is 10.2 Å². The molecule has 0 spiro atoms. The van der Waals surface area contributed by atoms with Gasteiger partial charge >= 0.3 is 0 Å². The maximum Gasteiger partial charge on any atom is 0.242 e. The van der Waals surface area contributed by atoms with Crippen LogP contribution in [-0.4, -0.2) is 24.0 Å². The van der Waals surface area contributed by atoms with Crippen molar-refractivity contribution in [1.82, 2.24) is 5.32 Å². The molecule has 1 amide bonds. The highest BCUT2D eigenvalue weighted by Gasteiger charge is 2.24. The van der Waals surface area contributed by atoms with Crippen LogP contribution in [0.4, 0.5) is 5.69 Å². The monoisotopic (exact) mass is 273 g/mol. The van der Waals surface area contributed by atoms with Gasteiger partial charge in [0.25, 0.3) is 0 Å². The van der Waals surface area contributed by atoms with Crippen LogP contribution >= 0.6 is 0 Å². The van der Waals surface area contributed by atoms with E-state index in [2.05, 4.69) is 11.4 Å². The minimum Gasteiger partial charge on any atom is -0.359 e. The number of rotatable bonds is 5. The second-order valence-corrected chi connectivity index (χ2v) is 5.85. The number of nitrogens with one attached hydrogen (secondary N) is 1. The van der Waals surface area contributed by atoms with Crippen LogP contribution in [0.15, 0.2) is 30.3 Å². The first-order valence-electron chi connectivity index (χ1n) is 6.86. The highest BCUT2D eigenvalue weighted by atomic mass is 16.2. The van der Waals surface area contributed by atoms with Crippen molar-refractivity contribution in [3.8, 4) is 6.07 Å². The summed E-state index contributed by atoms with van der Waals surface area (Å²) in [5.74, 6) is -0.0284. The van der Waals surface area contributed by atoms with Gasteiger partial charge in [-0.25, -0.2) is 0 Å². The Balaban J connectivity index is 2.88. The molecule has 4 heteroatoms. The Hall–Kier alpha value is -2.02. The molecule has 0 saturated heterocycles. The normalized spacial score (nSPS) is 12.3. The van der Waals surface area contributed by atoms with Crippen molar-refractivity contribution in [3.63, 3.8) is 0 Å². The summed E-state index contributed by atoms with van der Waals surface area (Å²) in [5, 5.41) is 11.8. The molecule has 0 heterocycles. The van der Waals surface area contributed by atoms with Gasteiger partial charge in [-0.3, -0.25) is 4.79 Å². The van der Waals surface area contributed by atoms with Gasteiger partial charge in [0.05, 0.1) is 12.5 Å². The van der Waals surface area contributed by atoms with Crippen molar-refractivity contribution in [2.75, 3.05) is 11.4 Å². The largest absolute Gasteiger partial charge is 0.359 e. The highest BCUT2D eigenvalue weighted by molar-refractivity contribution is 5.85. The standard InChI is InChI=1S/C16H23N3O/c1-13(15(20)18-16(2,3)4)19(12-8-11-17)14-9-6-5-7-10-14/h5-7,9-10,13H,8,12H2,1-4H3,(H,18,20). The quantitative estimate of drug-likeness (QED) is 0.897. The van der Waals surface area contributed by atoms with E-state index >= 15 is 0 Å². The number of amides is 1. The average Bonchev–Trinajstić information content (AvgIpc) is 2.38. The van der Waals surface area contributed by atoms with Gasteiger partial charge in [0.15, 0.2) is 0 Å². The lowest BCUT2D eigenvalue weighted by Gasteiger charge is -2.32. The fourth-order valence-corrected chi connectivity index (χ4v) is 1.95. The van der Waals surface area contributed by atoms with E-state index in [-0.39, 0.29) is 17.5 Å². The zero-order valence-corrected chi connectivity index (χ0v) is 12.7. The predicted molar refractivity (Wildman–Crippen MR) is 81.4 cm³/mol. The summed E-state index contributed by atoms with van der Waals surface area (Å²) in [4.78, 5) is 14.3. The molecular formula is C16H23N3O. The Morgan fingerprint density at radius 1 is 1.35 bits per heavy atom. The van der Waals surface area contributed by atoms with Crippen molar-refractivity contribution in [2.24, 2.45) is 0 Å². The Kier molecular flexibility index (Phi) is 5.57. The molecule has 0 saturated carbocycles. The SMILES string of the molecule is CC(C(=O)NC(C)(C)C)N(CCC#N)c1ccccc1. The fraction of sp³-hybridized carbons (Fsp3) is 0.500. The summed E-state index contributed by atoms with van der Waals surface area (Å²) in [7, 11) is 0. The molecule has 0 aliphatic rings. The van der Waals surface area contributed by atoms with Gasteiger partial charge in [-0.2, -0.15) is 5.26 Å². The van der Waals surface area contributed by atoms with E-state index in [1.807, 2.05) is 62.9 Å². The van der Waals surface area contributed by atoms with Crippen molar-refractivity contribution in [1.29, 1.82) is 5.26 Å². The smallest absolute Gasteiger partial charge is 0.242 e. The van der Waals surface area contributed by atoms with Crippen LogP contribution in [0.2, 0.25) is 0 Å². The van der Waals surface area contributed by atoms with Crippen LogP contribution in [0.25, 0.3) is 0 Å². The molecule has 0 aliphatic carbocycles. The molecule has 0 radical (unpaired) electrons. The fourth-order valence-electron chi connectivity index (χ4n) is 1.95. The molecule has 108 valence electrons. The molecular weight excluding hydrogens is 250 g/mol. The number of benzene rings is 1. The van der Waals surface area contributed by atoms with E-state index in [1.54, 1.807) is 0 Å². The number of carbonyl (C=O) groups excluding carboxylic acids is 1. The number of hydrogen-bond acceptors (Lipinski definition) is 3. The summed E-state index contributed by atoms with van der Waals surface area (Å²) < 4.78 is 0. The molecule has 1 unspecified atom stereocenters. The second-order valence-electron chi connectivity index (χ2n) is 5.85. The third-order valence-electron chi connectivity index (χ3n) is 2.90. The number of carbonyl (C=O) groups is 1. The number of hydrogen-bond donors (Lipinski definition) is 1. The molecule has 1 N–H and O–H groups in total. The number of para-hydroxylation sites is 1. The van der Waals surface area contributed by atoms with Gasteiger partial charge in [-0.05, 0) is 39.8 Å². The maximum absolute atomic E-state index is 12.3. The van der Waals surface area contributed by atoms with Crippen molar-refractivity contribution in [3.05, 3.63) is 30.3 Å². The first kappa shape index (κ1) is 16.0. The Morgan fingerprint density at radius 2 is 1.95 bits per heavy atom. The molecule has 0 aliphatic heterocycles. The van der Waals surface area contributed by atoms with E-state index in [9.17, 15) is 4.79 Å². The average molecular weight is 273 g/mol. The highest BCUT2D eigenvalue weighted by Crippen LogP contribution is 2.17. The van der Waals surface area contributed by atoms with Crippen molar-refractivity contribution in [2.45, 2.75) is 45.7 Å². The molecule has 0 fully saturated rings. The first-order chi connectivity index (χ1) is 9.35. The Bertz CT molecular complexity index is 471. The number of nitriles is 1. The molecule has 1 atom stereocenters. The van der Waals surface area contributed by atoms with Gasteiger partial charge in [0.2, 0.25) is 5.91 Å². The first-order valence-corrected chi connectivity index (χ1v) is 6.86. The molecule has 1 rings (SSSR count). The third kappa shape index (κ3) is 4.93. The van der Waals surface area contributed by atoms with Crippen molar-refractivity contribution >= 4 is 11.6 Å².